The van der Waals surface area contributed by atoms with Crippen molar-refractivity contribution in [2.24, 2.45) is 0 Å². The van der Waals surface area contributed by atoms with Crippen molar-refractivity contribution >= 4 is 45.1 Å². The standard InChI is InChI=1S/C18H18ClN3O3S/c1-2-12-20-18(23)21-16-7-9-17(10-8-16)22-26(24,25)13-11-14-3-5-15(19)6-4-14/h2-11,13,22H,1,12H2,(H2,20,21,23)/b13-11+. The normalized spacial score (nSPS) is 11.1. The van der Waals surface area contributed by atoms with E-state index in [1.807, 2.05) is 0 Å². The molecule has 2 aromatic carbocycles. The molecule has 0 aliphatic heterocycles. The summed E-state index contributed by atoms with van der Waals surface area (Å²) in [5.41, 5.74) is 1.62. The Bertz CT molecular complexity index is 892. The average Bonchev–Trinajstić information content (AvgIpc) is 2.61. The fourth-order valence-corrected chi connectivity index (χ4v) is 2.90. The Morgan fingerprint density at radius 3 is 2.27 bits per heavy atom. The Hall–Kier alpha value is -2.77. The molecule has 0 atom stereocenters. The van der Waals surface area contributed by atoms with Crippen LogP contribution in [0.15, 0.2) is 66.6 Å². The van der Waals surface area contributed by atoms with Gasteiger partial charge in [0.15, 0.2) is 0 Å². The maximum atomic E-state index is 12.1. The van der Waals surface area contributed by atoms with Crippen molar-refractivity contribution < 1.29 is 13.2 Å². The zero-order valence-electron chi connectivity index (χ0n) is 13.8. The number of carbonyl (C=O) groups excluding carboxylic acids is 1. The minimum Gasteiger partial charge on any atom is -0.334 e. The molecule has 0 spiro atoms. The molecule has 6 nitrogen and oxygen atoms in total. The van der Waals surface area contributed by atoms with Gasteiger partial charge in [-0.3, -0.25) is 4.72 Å². The van der Waals surface area contributed by atoms with E-state index >= 15 is 0 Å². The van der Waals surface area contributed by atoms with E-state index in [1.165, 1.54) is 6.08 Å². The van der Waals surface area contributed by atoms with Gasteiger partial charge in [0.1, 0.15) is 0 Å². The molecule has 0 radical (unpaired) electrons. The van der Waals surface area contributed by atoms with Crippen LogP contribution in [0.3, 0.4) is 0 Å². The molecule has 0 bridgehead atoms. The summed E-state index contributed by atoms with van der Waals surface area (Å²) < 4.78 is 26.6. The molecule has 0 aliphatic carbocycles. The van der Waals surface area contributed by atoms with E-state index in [2.05, 4.69) is 21.9 Å². The van der Waals surface area contributed by atoms with E-state index in [-0.39, 0.29) is 6.03 Å². The molecule has 2 amide bonds. The van der Waals surface area contributed by atoms with E-state index in [0.29, 0.717) is 28.5 Å². The van der Waals surface area contributed by atoms with Crippen LogP contribution in [-0.2, 0) is 10.0 Å². The molecule has 26 heavy (non-hydrogen) atoms. The predicted octanol–water partition coefficient (Wildman–Crippen LogP) is 4.06. The van der Waals surface area contributed by atoms with Crippen LogP contribution in [0.5, 0.6) is 0 Å². The number of hydrogen-bond donors (Lipinski definition) is 3. The van der Waals surface area contributed by atoms with Gasteiger partial charge in [-0.25, -0.2) is 13.2 Å². The van der Waals surface area contributed by atoms with E-state index in [0.717, 1.165) is 5.41 Å². The van der Waals surface area contributed by atoms with Gasteiger partial charge < -0.3 is 10.6 Å². The van der Waals surface area contributed by atoms with Gasteiger partial charge >= 0.3 is 6.03 Å². The summed E-state index contributed by atoms with van der Waals surface area (Å²) in [4.78, 5) is 11.5. The highest BCUT2D eigenvalue weighted by Crippen LogP contribution is 2.16. The Morgan fingerprint density at radius 1 is 1.04 bits per heavy atom. The highest BCUT2D eigenvalue weighted by molar-refractivity contribution is 7.95. The number of amides is 2. The minimum atomic E-state index is -3.67. The van der Waals surface area contributed by atoms with Gasteiger partial charge in [-0.2, -0.15) is 0 Å². The van der Waals surface area contributed by atoms with Crippen LogP contribution >= 0.6 is 11.6 Å². The Kier molecular flexibility index (Phi) is 6.82. The van der Waals surface area contributed by atoms with Crippen LogP contribution in [0.25, 0.3) is 6.08 Å². The van der Waals surface area contributed by atoms with Crippen molar-refractivity contribution in [3.8, 4) is 0 Å². The summed E-state index contributed by atoms with van der Waals surface area (Å²) in [6, 6.07) is 12.7. The Labute approximate surface area is 157 Å². The first-order chi connectivity index (χ1) is 12.4. The molecule has 8 heteroatoms. The van der Waals surface area contributed by atoms with Crippen molar-refractivity contribution in [1.82, 2.24) is 5.32 Å². The lowest BCUT2D eigenvalue weighted by atomic mass is 10.2. The van der Waals surface area contributed by atoms with E-state index in [9.17, 15) is 13.2 Å². The van der Waals surface area contributed by atoms with E-state index in [1.54, 1.807) is 54.6 Å². The summed E-state index contributed by atoms with van der Waals surface area (Å²) in [6.07, 6.45) is 3.04. The molecule has 2 rings (SSSR count). The largest absolute Gasteiger partial charge is 0.334 e. The van der Waals surface area contributed by atoms with Gasteiger partial charge in [0.25, 0.3) is 10.0 Å². The maximum Gasteiger partial charge on any atom is 0.319 e. The van der Waals surface area contributed by atoms with Gasteiger partial charge in [-0.05, 0) is 48.0 Å². The van der Waals surface area contributed by atoms with Gasteiger partial charge in [0, 0.05) is 22.9 Å². The second-order valence-corrected chi connectivity index (χ2v) is 7.21. The topological polar surface area (TPSA) is 87.3 Å². The molecule has 0 aliphatic rings. The zero-order chi connectivity index (χ0) is 19.0. The Balaban J connectivity index is 1.97. The van der Waals surface area contributed by atoms with Gasteiger partial charge in [0.2, 0.25) is 0 Å². The van der Waals surface area contributed by atoms with Crippen molar-refractivity contribution in [3.05, 3.63) is 77.2 Å². The molecule has 0 aromatic heterocycles. The highest BCUT2D eigenvalue weighted by Gasteiger charge is 2.06. The first-order valence-corrected chi connectivity index (χ1v) is 9.53. The number of benzene rings is 2. The van der Waals surface area contributed by atoms with Gasteiger partial charge in [-0.1, -0.05) is 29.8 Å². The number of carbonyl (C=O) groups is 1. The monoisotopic (exact) mass is 391 g/mol. The van der Waals surface area contributed by atoms with Crippen LogP contribution in [0.4, 0.5) is 16.2 Å². The third-order valence-corrected chi connectivity index (χ3v) is 4.39. The zero-order valence-corrected chi connectivity index (χ0v) is 15.3. The van der Waals surface area contributed by atoms with Crippen molar-refractivity contribution in [3.63, 3.8) is 0 Å². The number of halogens is 1. The van der Waals surface area contributed by atoms with Gasteiger partial charge in [-0.15, -0.1) is 6.58 Å². The summed E-state index contributed by atoms with van der Waals surface area (Å²) in [5.74, 6) is 0. The molecular formula is C18H18ClN3O3S. The molecule has 3 N–H and O–H groups in total. The fourth-order valence-electron chi connectivity index (χ4n) is 1.90. The number of sulfonamides is 1. The first kappa shape index (κ1) is 19.6. The number of urea groups is 1. The maximum absolute atomic E-state index is 12.1. The van der Waals surface area contributed by atoms with E-state index in [4.69, 9.17) is 11.6 Å². The predicted molar refractivity (Wildman–Crippen MR) is 107 cm³/mol. The summed E-state index contributed by atoms with van der Waals surface area (Å²) >= 11 is 5.79. The number of nitrogens with one attached hydrogen (secondary N) is 3. The lowest BCUT2D eigenvalue weighted by Gasteiger charge is -2.08. The SMILES string of the molecule is C=CCNC(=O)Nc1ccc(NS(=O)(=O)/C=C/c2ccc(Cl)cc2)cc1. The molecule has 0 unspecified atom stereocenters. The van der Waals surface area contributed by atoms with Crippen LogP contribution in [0, 0.1) is 0 Å². The highest BCUT2D eigenvalue weighted by atomic mass is 35.5. The second kappa shape index (κ2) is 9.07. The molecule has 0 heterocycles. The van der Waals surface area contributed by atoms with Crippen molar-refractivity contribution in [2.45, 2.75) is 0 Å². The molecule has 0 saturated carbocycles. The quantitative estimate of drug-likeness (QED) is 0.622. The lowest BCUT2D eigenvalue weighted by Crippen LogP contribution is -2.28. The number of rotatable bonds is 7. The smallest absolute Gasteiger partial charge is 0.319 e. The van der Waals surface area contributed by atoms with Crippen molar-refractivity contribution in [2.75, 3.05) is 16.6 Å². The molecule has 2 aromatic rings. The van der Waals surface area contributed by atoms with Crippen LogP contribution in [0.2, 0.25) is 5.02 Å². The number of hydrogen-bond acceptors (Lipinski definition) is 3. The van der Waals surface area contributed by atoms with Crippen molar-refractivity contribution in [1.29, 1.82) is 0 Å². The van der Waals surface area contributed by atoms with Crippen LogP contribution < -0.4 is 15.4 Å². The summed E-state index contributed by atoms with van der Waals surface area (Å²) in [6.45, 7) is 3.86. The number of anilines is 2. The van der Waals surface area contributed by atoms with E-state index < -0.39 is 10.0 Å². The fraction of sp³-hybridized carbons (Fsp3) is 0.0556. The van der Waals surface area contributed by atoms with Gasteiger partial charge in [0.05, 0.1) is 5.41 Å². The third kappa shape index (κ3) is 6.62. The summed E-state index contributed by atoms with van der Waals surface area (Å²) in [7, 11) is -3.67. The first-order valence-electron chi connectivity index (χ1n) is 7.60. The van der Waals surface area contributed by atoms with Crippen LogP contribution in [0.1, 0.15) is 5.56 Å². The molecule has 0 saturated heterocycles. The minimum absolute atomic E-state index is 0.351. The summed E-state index contributed by atoms with van der Waals surface area (Å²) in [5, 5.41) is 6.84. The average molecular weight is 392 g/mol. The molecule has 136 valence electrons. The molecule has 0 fully saturated rings. The van der Waals surface area contributed by atoms with Crippen LogP contribution in [-0.4, -0.2) is 21.0 Å². The Morgan fingerprint density at radius 2 is 1.65 bits per heavy atom. The second-order valence-electron chi connectivity index (χ2n) is 5.20. The lowest BCUT2D eigenvalue weighted by molar-refractivity contribution is 0.253. The third-order valence-electron chi connectivity index (χ3n) is 3.12. The molecular weight excluding hydrogens is 374 g/mol.